The molecule has 0 spiro atoms. The fourth-order valence-electron chi connectivity index (χ4n) is 2.67. The van der Waals surface area contributed by atoms with Crippen LogP contribution < -0.4 is 0 Å². The van der Waals surface area contributed by atoms with Crippen molar-refractivity contribution in [3.8, 4) is 0 Å². The lowest BCUT2D eigenvalue weighted by Gasteiger charge is -2.33. The third kappa shape index (κ3) is 3.22. The van der Waals surface area contributed by atoms with E-state index in [9.17, 15) is 4.79 Å². The van der Waals surface area contributed by atoms with Crippen LogP contribution in [0, 0.1) is 6.92 Å². The second-order valence-electron chi connectivity index (χ2n) is 5.62. The molecular weight excluding hydrogens is 282 g/mol. The van der Waals surface area contributed by atoms with Gasteiger partial charge in [-0.15, -0.1) is 0 Å². The van der Waals surface area contributed by atoms with E-state index in [1.807, 2.05) is 30.9 Å². The lowest BCUT2D eigenvalue weighted by molar-refractivity contribution is 0.0593. The van der Waals surface area contributed by atoms with Gasteiger partial charge in [0.2, 0.25) is 0 Å². The molecule has 1 amide bonds. The average Bonchev–Trinajstić information content (AvgIpc) is 3.16. The summed E-state index contributed by atoms with van der Waals surface area (Å²) in [6.45, 7) is 7.74. The summed E-state index contributed by atoms with van der Waals surface area (Å²) < 4.78 is 10.6. The van der Waals surface area contributed by atoms with E-state index in [-0.39, 0.29) is 5.91 Å². The predicted molar refractivity (Wildman–Crippen MR) is 80.5 cm³/mol. The number of furan rings is 1. The first kappa shape index (κ1) is 14.8. The zero-order chi connectivity index (χ0) is 15.5. The van der Waals surface area contributed by atoms with Crippen LogP contribution in [0.2, 0.25) is 0 Å². The highest BCUT2D eigenvalue weighted by Crippen LogP contribution is 2.14. The number of amides is 1. The molecule has 0 saturated carbocycles. The molecule has 1 fully saturated rings. The fourth-order valence-corrected chi connectivity index (χ4v) is 2.67. The Kier molecular flexibility index (Phi) is 4.29. The SMILES string of the molecule is CCc1ccc(C(=O)N2CCN(Cc3cc(C)on3)CC2)o1. The first-order chi connectivity index (χ1) is 10.7. The molecule has 1 aliphatic rings. The summed E-state index contributed by atoms with van der Waals surface area (Å²) in [7, 11) is 0. The molecule has 0 N–H and O–H groups in total. The molecule has 1 aliphatic heterocycles. The smallest absolute Gasteiger partial charge is 0.289 e. The number of rotatable bonds is 4. The maximum atomic E-state index is 12.4. The molecule has 2 aromatic heterocycles. The Hall–Kier alpha value is -2.08. The molecule has 0 radical (unpaired) electrons. The summed E-state index contributed by atoms with van der Waals surface area (Å²) in [5.41, 5.74) is 0.941. The quantitative estimate of drug-likeness (QED) is 0.865. The van der Waals surface area contributed by atoms with Crippen LogP contribution >= 0.6 is 0 Å². The van der Waals surface area contributed by atoms with Gasteiger partial charge in [-0.1, -0.05) is 12.1 Å². The molecule has 22 heavy (non-hydrogen) atoms. The van der Waals surface area contributed by atoms with Gasteiger partial charge >= 0.3 is 0 Å². The summed E-state index contributed by atoms with van der Waals surface area (Å²) in [5, 5.41) is 4.01. The molecule has 3 rings (SSSR count). The molecule has 6 nitrogen and oxygen atoms in total. The highest BCUT2D eigenvalue weighted by Gasteiger charge is 2.24. The maximum absolute atomic E-state index is 12.4. The largest absolute Gasteiger partial charge is 0.456 e. The first-order valence-corrected chi connectivity index (χ1v) is 7.68. The highest BCUT2D eigenvalue weighted by atomic mass is 16.5. The third-order valence-corrected chi connectivity index (χ3v) is 3.94. The van der Waals surface area contributed by atoms with E-state index in [1.165, 1.54) is 0 Å². The Labute approximate surface area is 129 Å². The van der Waals surface area contributed by atoms with Gasteiger partial charge in [0.15, 0.2) is 5.76 Å². The molecule has 0 aromatic carbocycles. The van der Waals surface area contributed by atoms with Crippen LogP contribution in [0.4, 0.5) is 0 Å². The van der Waals surface area contributed by atoms with Gasteiger partial charge in [-0.2, -0.15) is 0 Å². The summed E-state index contributed by atoms with van der Waals surface area (Å²) in [6, 6.07) is 5.59. The van der Waals surface area contributed by atoms with Gasteiger partial charge in [-0.05, 0) is 19.1 Å². The van der Waals surface area contributed by atoms with Crippen LogP contribution in [0.5, 0.6) is 0 Å². The summed E-state index contributed by atoms with van der Waals surface area (Å²) in [6.07, 6.45) is 0.804. The minimum atomic E-state index is -0.0170. The number of hydrogen-bond donors (Lipinski definition) is 0. The summed E-state index contributed by atoms with van der Waals surface area (Å²) >= 11 is 0. The van der Waals surface area contributed by atoms with E-state index >= 15 is 0 Å². The van der Waals surface area contributed by atoms with Crippen molar-refractivity contribution in [2.24, 2.45) is 0 Å². The molecule has 0 unspecified atom stereocenters. The molecule has 118 valence electrons. The third-order valence-electron chi connectivity index (χ3n) is 3.94. The number of carbonyl (C=O) groups excluding carboxylic acids is 1. The van der Waals surface area contributed by atoms with E-state index in [1.54, 1.807) is 6.07 Å². The maximum Gasteiger partial charge on any atom is 0.289 e. The number of carbonyl (C=O) groups is 1. The van der Waals surface area contributed by atoms with E-state index in [2.05, 4.69) is 10.1 Å². The van der Waals surface area contributed by atoms with Crippen molar-refractivity contribution in [2.75, 3.05) is 26.2 Å². The van der Waals surface area contributed by atoms with Crippen molar-refractivity contribution in [2.45, 2.75) is 26.8 Å². The van der Waals surface area contributed by atoms with Crippen molar-refractivity contribution in [3.63, 3.8) is 0 Å². The molecule has 0 bridgehead atoms. The Morgan fingerprint density at radius 1 is 1.27 bits per heavy atom. The van der Waals surface area contributed by atoms with Crippen LogP contribution in [-0.2, 0) is 13.0 Å². The van der Waals surface area contributed by atoms with Crippen molar-refractivity contribution in [3.05, 3.63) is 41.2 Å². The van der Waals surface area contributed by atoms with Crippen molar-refractivity contribution >= 4 is 5.91 Å². The van der Waals surface area contributed by atoms with Crippen LogP contribution in [0.15, 0.2) is 27.1 Å². The van der Waals surface area contributed by atoms with Crippen LogP contribution in [0.1, 0.15) is 34.7 Å². The predicted octanol–water partition coefficient (Wildman–Crippen LogP) is 2.10. The van der Waals surface area contributed by atoms with E-state index in [4.69, 9.17) is 8.94 Å². The Bertz CT molecular complexity index is 639. The van der Waals surface area contributed by atoms with E-state index in [0.717, 1.165) is 43.3 Å². The number of aryl methyl sites for hydroxylation is 2. The zero-order valence-corrected chi connectivity index (χ0v) is 13.0. The number of nitrogens with zero attached hydrogens (tertiary/aromatic N) is 3. The highest BCUT2D eigenvalue weighted by molar-refractivity contribution is 5.91. The van der Waals surface area contributed by atoms with E-state index < -0.39 is 0 Å². The van der Waals surface area contributed by atoms with Crippen LogP contribution in [-0.4, -0.2) is 47.0 Å². The molecule has 2 aromatic rings. The number of aromatic nitrogens is 1. The standard InChI is InChI=1S/C16H21N3O3/c1-3-14-4-5-15(21-14)16(20)19-8-6-18(7-9-19)11-13-10-12(2)22-17-13/h4-5,10H,3,6-9,11H2,1-2H3. The zero-order valence-electron chi connectivity index (χ0n) is 13.0. The molecule has 0 atom stereocenters. The van der Waals surface area contributed by atoms with Gasteiger partial charge in [-0.3, -0.25) is 9.69 Å². The minimum absolute atomic E-state index is 0.0170. The van der Waals surface area contributed by atoms with Gasteiger partial charge in [0, 0.05) is 45.2 Å². The lowest BCUT2D eigenvalue weighted by atomic mass is 10.2. The Morgan fingerprint density at radius 2 is 2.05 bits per heavy atom. The Morgan fingerprint density at radius 3 is 2.64 bits per heavy atom. The van der Waals surface area contributed by atoms with Crippen molar-refractivity contribution in [1.82, 2.24) is 15.0 Å². The van der Waals surface area contributed by atoms with Crippen molar-refractivity contribution in [1.29, 1.82) is 0 Å². The Balaban J connectivity index is 1.53. The topological polar surface area (TPSA) is 62.7 Å². The lowest BCUT2D eigenvalue weighted by Crippen LogP contribution is -2.48. The summed E-state index contributed by atoms with van der Waals surface area (Å²) in [5.74, 6) is 2.10. The number of hydrogen-bond acceptors (Lipinski definition) is 5. The van der Waals surface area contributed by atoms with Gasteiger partial charge in [0.25, 0.3) is 5.91 Å². The number of piperazine rings is 1. The minimum Gasteiger partial charge on any atom is -0.456 e. The molecular formula is C16H21N3O3. The van der Waals surface area contributed by atoms with Crippen molar-refractivity contribution < 1.29 is 13.7 Å². The van der Waals surface area contributed by atoms with Gasteiger partial charge in [0.05, 0.1) is 5.69 Å². The van der Waals surface area contributed by atoms with Crippen LogP contribution in [0.3, 0.4) is 0 Å². The molecule has 0 aliphatic carbocycles. The second-order valence-corrected chi connectivity index (χ2v) is 5.62. The summed E-state index contributed by atoms with van der Waals surface area (Å²) in [4.78, 5) is 16.5. The van der Waals surface area contributed by atoms with E-state index in [0.29, 0.717) is 18.8 Å². The normalized spacial score (nSPS) is 16.2. The van der Waals surface area contributed by atoms with Crippen LogP contribution in [0.25, 0.3) is 0 Å². The first-order valence-electron chi connectivity index (χ1n) is 7.68. The fraction of sp³-hybridized carbons (Fsp3) is 0.500. The molecule has 6 heteroatoms. The van der Waals surface area contributed by atoms with Gasteiger partial charge < -0.3 is 13.8 Å². The second kappa shape index (κ2) is 6.36. The monoisotopic (exact) mass is 303 g/mol. The van der Waals surface area contributed by atoms with Gasteiger partial charge in [0.1, 0.15) is 11.5 Å². The molecule has 1 saturated heterocycles. The van der Waals surface area contributed by atoms with Gasteiger partial charge in [-0.25, -0.2) is 0 Å². The molecule has 3 heterocycles. The average molecular weight is 303 g/mol.